The monoisotopic (exact) mass is 240 g/mol. The van der Waals surface area contributed by atoms with E-state index in [0.717, 1.165) is 13.2 Å². The average molecular weight is 240 g/mol. The largest absolute Gasteiger partial charge is 0.378 e. The van der Waals surface area contributed by atoms with Crippen molar-refractivity contribution in [3.63, 3.8) is 0 Å². The van der Waals surface area contributed by atoms with Crippen LogP contribution in [0.3, 0.4) is 0 Å². The topological polar surface area (TPSA) is 24.5 Å². The van der Waals surface area contributed by atoms with E-state index in [9.17, 15) is 0 Å². The second-order valence-electron chi connectivity index (χ2n) is 5.43. The number of nitrogens with one attached hydrogen (secondary N) is 1. The van der Waals surface area contributed by atoms with Gasteiger partial charge in [-0.15, -0.1) is 0 Å². The van der Waals surface area contributed by atoms with Crippen LogP contribution in [0.2, 0.25) is 0 Å². The summed E-state index contributed by atoms with van der Waals surface area (Å²) in [7, 11) is 0. The molecule has 0 bridgehead atoms. The summed E-state index contributed by atoms with van der Waals surface area (Å²) in [6, 6.07) is 0. The first-order valence-electron chi connectivity index (χ1n) is 7.50. The van der Waals surface area contributed by atoms with Gasteiger partial charge in [0, 0.05) is 6.61 Å². The van der Waals surface area contributed by atoms with Crippen molar-refractivity contribution < 1.29 is 4.74 Å². The predicted molar refractivity (Wildman–Crippen MR) is 71.4 cm³/mol. The number of hydrogen-bond donors (Lipinski definition) is 1. The first-order chi connectivity index (χ1) is 8.45. The fraction of sp³-hybridized carbons (Fsp3) is 1.00. The quantitative estimate of drug-likeness (QED) is 0.689. The van der Waals surface area contributed by atoms with Gasteiger partial charge in [-0.25, -0.2) is 0 Å². The Morgan fingerprint density at radius 3 is 2.71 bits per heavy atom. The van der Waals surface area contributed by atoms with Crippen LogP contribution >= 0.6 is 0 Å². The number of ether oxygens (including phenoxy) is 1. The van der Waals surface area contributed by atoms with Crippen LogP contribution in [-0.4, -0.2) is 50.3 Å². The van der Waals surface area contributed by atoms with Gasteiger partial charge < -0.3 is 15.0 Å². The molecular weight excluding hydrogens is 212 g/mol. The molecule has 3 heteroatoms. The highest BCUT2D eigenvalue weighted by molar-refractivity contribution is 4.67. The lowest BCUT2D eigenvalue weighted by Crippen LogP contribution is -2.32. The Hall–Kier alpha value is -0.120. The molecule has 1 N–H and O–H groups in total. The molecule has 0 spiro atoms. The van der Waals surface area contributed by atoms with Crippen LogP contribution < -0.4 is 5.32 Å². The molecule has 2 rings (SSSR count). The Kier molecular flexibility index (Phi) is 6.32. The Balaban J connectivity index is 1.38. The normalized spacial score (nSPS) is 26.5. The molecule has 100 valence electrons. The molecule has 0 saturated carbocycles. The highest BCUT2D eigenvalue weighted by Gasteiger charge is 2.14. The van der Waals surface area contributed by atoms with Crippen molar-refractivity contribution in [2.24, 2.45) is 0 Å². The summed E-state index contributed by atoms with van der Waals surface area (Å²) in [5.74, 6) is 0. The minimum Gasteiger partial charge on any atom is -0.378 e. The van der Waals surface area contributed by atoms with E-state index in [1.54, 1.807) is 0 Å². The second kappa shape index (κ2) is 8.06. The van der Waals surface area contributed by atoms with Gasteiger partial charge in [-0.3, -0.25) is 0 Å². The standard InChI is InChI=1S/C14H28N2O/c1-2-10-16(11-3-1)12-5-8-15-9-7-14-6-4-13-17-14/h14-15H,1-13H2. The predicted octanol–water partition coefficient (Wildman–Crippen LogP) is 2.02. The van der Waals surface area contributed by atoms with E-state index in [1.165, 1.54) is 71.1 Å². The zero-order chi connectivity index (χ0) is 11.8. The van der Waals surface area contributed by atoms with Gasteiger partial charge in [0.25, 0.3) is 0 Å². The minimum atomic E-state index is 0.546. The van der Waals surface area contributed by atoms with E-state index in [2.05, 4.69) is 10.2 Å². The van der Waals surface area contributed by atoms with Crippen LogP contribution in [0.4, 0.5) is 0 Å². The molecule has 2 aliphatic rings. The Bertz CT molecular complexity index is 187. The van der Waals surface area contributed by atoms with E-state index < -0.39 is 0 Å². The molecule has 0 radical (unpaired) electrons. The molecule has 2 aliphatic heterocycles. The highest BCUT2D eigenvalue weighted by atomic mass is 16.5. The molecule has 0 aliphatic carbocycles. The average Bonchev–Trinajstić information content (AvgIpc) is 2.88. The van der Waals surface area contributed by atoms with Crippen molar-refractivity contribution in [3.05, 3.63) is 0 Å². The zero-order valence-corrected chi connectivity index (χ0v) is 11.1. The molecule has 2 saturated heterocycles. The molecule has 0 aromatic heterocycles. The van der Waals surface area contributed by atoms with Gasteiger partial charge in [-0.2, -0.15) is 0 Å². The maximum absolute atomic E-state index is 5.61. The van der Waals surface area contributed by atoms with Crippen molar-refractivity contribution in [2.45, 2.75) is 51.0 Å². The fourth-order valence-electron chi connectivity index (χ4n) is 2.87. The van der Waals surface area contributed by atoms with Gasteiger partial charge >= 0.3 is 0 Å². The fourth-order valence-corrected chi connectivity index (χ4v) is 2.87. The van der Waals surface area contributed by atoms with Gasteiger partial charge in [0.15, 0.2) is 0 Å². The number of rotatable bonds is 7. The van der Waals surface area contributed by atoms with Crippen molar-refractivity contribution >= 4 is 0 Å². The maximum Gasteiger partial charge on any atom is 0.0588 e. The molecule has 2 heterocycles. The Labute approximate surface area is 106 Å². The molecule has 1 unspecified atom stereocenters. The van der Waals surface area contributed by atoms with Gasteiger partial charge in [0.2, 0.25) is 0 Å². The van der Waals surface area contributed by atoms with Crippen LogP contribution in [-0.2, 0) is 4.74 Å². The molecule has 17 heavy (non-hydrogen) atoms. The van der Waals surface area contributed by atoms with Gasteiger partial charge in [-0.05, 0) is 71.2 Å². The third-order valence-corrected chi connectivity index (χ3v) is 3.94. The van der Waals surface area contributed by atoms with Crippen LogP contribution in [0.25, 0.3) is 0 Å². The third kappa shape index (κ3) is 5.36. The second-order valence-corrected chi connectivity index (χ2v) is 5.43. The first-order valence-corrected chi connectivity index (χ1v) is 7.50. The molecule has 0 aromatic carbocycles. The summed E-state index contributed by atoms with van der Waals surface area (Å²) < 4.78 is 5.61. The molecule has 0 aromatic rings. The first kappa shape index (κ1) is 13.3. The van der Waals surface area contributed by atoms with Crippen LogP contribution in [0.1, 0.15) is 44.9 Å². The van der Waals surface area contributed by atoms with Gasteiger partial charge in [0.05, 0.1) is 6.10 Å². The Morgan fingerprint density at radius 1 is 1.06 bits per heavy atom. The number of hydrogen-bond acceptors (Lipinski definition) is 3. The Morgan fingerprint density at radius 2 is 1.94 bits per heavy atom. The highest BCUT2D eigenvalue weighted by Crippen LogP contribution is 2.14. The van der Waals surface area contributed by atoms with E-state index >= 15 is 0 Å². The maximum atomic E-state index is 5.61. The van der Waals surface area contributed by atoms with E-state index in [4.69, 9.17) is 4.74 Å². The smallest absolute Gasteiger partial charge is 0.0588 e. The summed E-state index contributed by atoms with van der Waals surface area (Å²) in [5.41, 5.74) is 0. The lowest BCUT2D eigenvalue weighted by atomic mass is 10.1. The molecule has 0 amide bonds. The van der Waals surface area contributed by atoms with Gasteiger partial charge in [0.1, 0.15) is 0 Å². The van der Waals surface area contributed by atoms with Crippen LogP contribution in [0.5, 0.6) is 0 Å². The third-order valence-electron chi connectivity index (χ3n) is 3.94. The molecule has 3 nitrogen and oxygen atoms in total. The lowest BCUT2D eigenvalue weighted by molar-refractivity contribution is 0.104. The minimum absolute atomic E-state index is 0.546. The van der Waals surface area contributed by atoms with Crippen molar-refractivity contribution in [1.29, 1.82) is 0 Å². The molecular formula is C14H28N2O. The van der Waals surface area contributed by atoms with E-state index in [-0.39, 0.29) is 0 Å². The van der Waals surface area contributed by atoms with E-state index in [0.29, 0.717) is 6.10 Å². The summed E-state index contributed by atoms with van der Waals surface area (Å²) in [5, 5.41) is 3.55. The van der Waals surface area contributed by atoms with Gasteiger partial charge in [-0.1, -0.05) is 6.42 Å². The lowest BCUT2D eigenvalue weighted by Gasteiger charge is -2.26. The van der Waals surface area contributed by atoms with Crippen molar-refractivity contribution in [2.75, 3.05) is 39.3 Å². The van der Waals surface area contributed by atoms with Crippen molar-refractivity contribution in [1.82, 2.24) is 10.2 Å². The van der Waals surface area contributed by atoms with Crippen LogP contribution in [0.15, 0.2) is 0 Å². The number of piperidine rings is 1. The summed E-state index contributed by atoms with van der Waals surface area (Å²) >= 11 is 0. The SMILES string of the molecule is C1CCN(CCCNCCC2CCCO2)CC1. The van der Waals surface area contributed by atoms with Crippen LogP contribution in [0, 0.1) is 0 Å². The van der Waals surface area contributed by atoms with Crippen molar-refractivity contribution in [3.8, 4) is 0 Å². The molecule has 1 atom stereocenters. The number of likely N-dealkylation sites (tertiary alicyclic amines) is 1. The zero-order valence-electron chi connectivity index (χ0n) is 11.1. The summed E-state index contributed by atoms with van der Waals surface area (Å²) in [4.78, 5) is 2.62. The van der Waals surface area contributed by atoms with E-state index in [1.807, 2.05) is 0 Å². The number of nitrogens with zero attached hydrogens (tertiary/aromatic N) is 1. The molecule has 2 fully saturated rings. The summed E-state index contributed by atoms with van der Waals surface area (Å²) in [6.07, 6.45) is 9.84. The summed E-state index contributed by atoms with van der Waals surface area (Å²) in [6.45, 7) is 7.23.